The first-order valence-electron chi connectivity index (χ1n) is 2.51. The van der Waals surface area contributed by atoms with Crippen LogP contribution in [0.4, 0.5) is 0 Å². The van der Waals surface area contributed by atoms with Gasteiger partial charge >= 0.3 is 0 Å². The van der Waals surface area contributed by atoms with Gasteiger partial charge in [-0.3, -0.25) is 0 Å². The van der Waals surface area contributed by atoms with Gasteiger partial charge in [-0.15, -0.1) is 13.2 Å². The molecule has 0 aliphatic heterocycles. The van der Waals surface area contributed by atoms with E-state index in [2.05, 4.69) is 13.2 Å². The predicted molar refractivity (Wildman–Crippen MR) is 40.3 cm³/mol. The Morgan fingerprint density at radius 3 is 1.11 bits per heavy atom. The lowest BCUT2D eigenvalue weighted by Crippen LogP contribution is -2.10. The van der Waals surface area contributed by atoms with Gasteiger partial charge in [0.2, 0.25) is 0 Å². The number of hydrogen-bond donors (Lipinski definition) is 1. The van der Waals surface area contributed by atoms with E-state index in [-0.39, 0.29) is 0 Å². The van der Waals surface area contributed by atoms with Crippen molar-refractivity contribution in [2.75, 3.05) is 0 Å². The lowest BCUT2D eigenvalue weighted by molar-refractivity contribution is -0.0979. The molecule has 0 fully saturated rings. The van der Waals surface area contributed by atoms with Crippen molar-refractivity contribution < 1.29 is 9.90 Å². The van der Waals surface area contributed by atoms with E-state index in [1.807, 2.05) is 6.79 Å². The molecule has 0 spiro atoms. The lowest BCUT2D eigenvalue weighted by Gasteiger charge is -2.04. The summed E-state index contributed by atoms with van der Waals surface area (Å²) in [6.07, 6.45) is 0. The second-order valence-corrected chi connectivity index (χ2v) is 2.17. The zero-order valence-corrected chi connectivity index (χ0v) is 6.48. The first-order chi connectivity index (χ1) is 4.00. The molecule has 0 aromatic rings. The van der Waals surface area contributed by atoms with Crippen LogP contribution >= 0.6 is 0 Å². The molecule has 1 N–H and O–H groups in total. The summed E-state index contributed by atoms with van der Waals surface area (Å²) in [6.45, 7) is 13.2. The normalized spacial score (nSPS) is 7.56. The van der Waals surface area contributed by atoms with Crippen LogP contribution in [0.5, 0.6) is 0 Å². The number of hydrogen-bond acceptors (Lipinski definition) is 2. The molecule has 0 amide bonds. The summed E-state index contributed by atoms with van der Waals surface area (Å²) in [4.78, 5) is 8.00. The van der Waals surface area contributed by atoms with Gasteiger partial charge in [0.05, 0.1) is 5.60 Å². The molecule has 0 aliphatic rings. The average molecular weight is 132 g/mol. The smallest absolute Gasteiger partial charge is 0.106 e. The van der Waals surface area contributed by atoms with Crippen LogP contribution in [0.15, 0.2) is 13.2 Å². The largest absolute Gasteiger partial charge is 0.391 e. The maximum atomic E-state index is 8.52. The Hall–Kier alpha value is -0.630. The van der Waals surface area contributed by atoms with Crippen molar-refractivity contribution in [3.05, 3.63) is 13.2 Å². The van der Waals surface area contributed by atoms with E-state index in [9.17, 15) is 0 Å². The molecule has 2 heteroatoms. The highest BCUT2D eigenvalue weighted by Gasteiger charge is 1.97. The Kier molecular flexibility index (Phi) is 18.2. The van der Waals surface area contributed by atoms with Crippen molar-refractivity contribution in [3.8, 4) is 0 Å². The van der Waals surface area contributed by atoms with Crippen LogP contribution in [0.2, 0.25) is 0 Å². The molecule has 0 aromatic carbocycles. The summed E-state index contributed by atoms with van der Waals surface area (Å²) >= 11 is 0. The summed E-state index contributed by atoms with van der Waals surface area (Å²) in [5.74, 6) is 0. The van der Waals surface area contributed by atoms with Crippen molar-refractivity contribution in [2.24, 2.45) is 0 Å². The van der Waals surface area contributed by atoms with E-state index in [0.717, 1.165) is 0 Å². The molecule has 0 radical (unpaired) electrons. The lowest BCUT2D eigenvalue weighted by atomic mass is 10.2. The van der Waals surface area contributed by atoms with E-state index >= 15 is 0 Å². The number of carbonyl (C=O) groups excluding carboxylic acids is 1. The molecule has 0 saturated heterocycles. The Labute approximate surface area is 57.2 Å². The third kappa shape index (κ3) is 535. The van der Waals surface area contributed by atoms with E-state index in [1.165, 1.54) is 0 Å². The monoisotopic (exact) mass is 132 g/mol. The van der Waals surface area contributed by atoms with Crippen LogP contribution in [0.1, 0.15) is 20.8 Å². The average Bonchev–Trinajstić information content (AvgIpc) is 1.72. The quantitative estimate of drug-likeness (QED) is 0.506. The summed E-state index contributed by atoms with van der Waals surface area (Å²) in [5, 5.41) is 8.52. The van der Waals surface area contributed by atoms with Gasteiger partial charge in [0.1, 0.15) is 6.79 Å². The minimum atomic E-state index is -0.500. The molecule has 0 bridgehead atoms. The van der Waals surface area contributed by atoms with Gasteiger partial charge in [0.15, 0.2) is 0 Å². The first-order valence-corrected chi connectivity index (χ1v) is 2.51. The molecule has 0 rings (SSSR count). The highest BCUT2D eigenvalue weighted by Crippen LogP contribution is 1.93. The molecular weight excluding hydrogens is 116 g/mol. The number of aliphatic hydroxyl groups is 1. The molecule has 0 heterocycles. The topological polar surface area (TPSA) is 37.3 Å². The van der Waals surface area contributed by atoms with E-state index < -0.39 is 5.60 Å². The Morgan fingerprint density at radius 1 is 1.11 bits per heavy atom. The van der Waals surface area contributed by atoms with Gasteiger partial charge in [-0.1, -0.05) is 0 Å². The number of carbonyl (C=O) groups is 1. The molecule has 0 unspecified atom stereocenters. The van der Waals surface area contributed by atoms with Gasteiger partial charge in [-0.05, 0) is 20.8 Å². The molecule has 0 aromatic heterocycles. The standard InChI is InChI=1S/C4H10O.C2H4.CH2O/c1-4(2,3)5;2*1-2/h5H,1-3H3;1-2H2;1H2. The summed E-state index contributed by atoms with van der Waals surface area (Å²) in [5.41, 5.74) is -0.500. The minimum Gasteiger partial charge on any atom is -0.391 e. The minimum absolute atomic E-state index is 0.500. The van der Waals surface area contributed by atoms with Gasteiger partial charge < -0.3 is 9.90 Å². The van der Waals surface area contributed by atoms with Crippen LogP contribution in [0.25, 0.3) is 0 Å². The summed E-state index contributed by atoms with van der Waals surface area (Å²) < 4.78 is 0. The highest BCUT2D eigenvalue weighted by atomic mass is 16.3. The fourth-order valence-electron chi connectivity index (χ4n) is 0. The van der Waals surface area contributed by atoms with Crippen molar-refractivity contribution in [3.63, 3.8) is 0 Å². The van der Waals surface area contributed by atoms with E-state index in [0.29, 0.717) is 0 Å². The number of rotatable bonds is 0. The van der Waals surface area contributed by atoms with Crippen LogP contribution in [0, 0.1) is 0 Å². The van der Waals surface area contributed by atoms with Crippen molar-refractivity contribution in [2.45, 2.75) is 26.4 Å². The van der Waals surface area contributed by atoms with Crippen LogP contribution < -0.4 is 0 Å². The summed E-state index contributed by atoms with van der Waals surface area (Å²) in [7, 11) is 0. The SMILES string of the molecule is C=C.C=O.CC(C)(C)O. The van der Waals surface area contributed by atoms with Crippen molar-refractivity contribution >= 4 is 6.79 Å². The predicted octanol–water partition coefficient (Wildman–Crippen LogP) is 1.39. The Bertz CT molecular complexity index is 37.4. The zero-order chi connectivity index (χ0) is 8.50. The van der Waals surface area contributed by atoms with Gasteiger partial charge in [0.25, 0.3) is 0 Å². The molecule has 56 valence electrons. The van der Waals surface area contributed by atoms with Crippen LogP contribution in [-0.2, 0) is 4.79 Å². The summed E-state index contributed by atoms with van der Waals surface area (Å²) in [6, 6.07) is 0. The molecule has 0 aliphatic carbocycles. The van der Waals surface area contributed by atoms with Crippen molar-refractivity contribution in [1.29, 1.82) is 0 Å². The molecule has 2 nitrogen and oxygen atoms in total. The maximum absolute atomic E-state index is 8.52. The fourth-order valence-corrected chi connectivity index (χ4v) is 0. The van der Waals surface area contributed by atoms with Gasteiger partial charge in [-0.25, -0.2) is 0 Å². The zero-order valence-electron chi connectivity index (χ0n) is 6.48. The molecular formula is C7H16O2. The van der Waals surface area contributed by atoms with Gasteiger partial charge in [-0.2, -0.15) is 0 Å². The van der Waals surface area contributed by atoms with E-state index in [4.69, 9.17) is 9.90 Å². The second kappa shape index (κ2) is 10.4. The van der Waals surface area contributed by atoms with E-state index in [1.54, 1.807) is 20.8 Å². The van der Waals surface area contributed by atoms with Gasteiger partial charge in [0, 0.05) is 0 Å². The fraction of sp³-hybridized carbons (Fsp3) is 0.571. The van der Waals surface area contributed by atoms with Crippen molar-refractivity contribution in [1.82, 2.24) is 0 Å². The van der Waals surface area contributed by atoms with Crippen LogP contribution in [-0.4, -0.2) is 17.5 Å². The molecule has 0 atom stereocenters. The highest BCUT2D eigenvalue weighted by molar-refractivity contribution is 5.10. The Morgan fingerprint density at radius 2 is 1.11 bits per heavy atom. The third-order valence-electron chi connectivity index (χ3n) is 0. The maximum Gasteiger partial charge on any atom is 0.106 e. The van der Waals surface area contributed by atoms with Crippen LogP contribution in [0.3, 0.4) is 0 Å². The first kappa shape index (κ1) is 15.8. The third-order valence-corrected chi connectivity index (χ3v) is 0. The molecule has 0 saturated carbocycles. The Balaban J connectivity index is -0.0000000771. The molecule has 9 heavy (non-hydrogen) atoms. The second-order valence-electron chi connectivity index (χ2n) is 2.17.